The number of nitrogens with one attached hydrogen (secondary N) is 1. The molecule has 7 heteroatoms. The number of ether oxygens (including phenoxy) is 1. The predicted molar refractivity (Wildman–Crippen MR) is 85.5 cm³/mol. The lowest BCUT2D eigenvalue weighted by atomic mass is 9.93. The first kappa shape index (κ1) is 17.0. The Balaban J connectivity index is 2.19. The fourth-order valence-electron chi connectivity index (χ4n) is 2.65. The molecule has 0 spiro atoms. The van der Waals surface area contributed by atoms with Crippen LogP contribution in [0.3, 0.4) is 0 Å². The normalized spacial score (nSPS) is 23.2. The zero-order valence-corrected chi connectivity index (χ0v) is 14.1. The molecule has 118 valence electrons. The van der Waals surface area contributed by atoms with Gasteiger partial charge in [0.1, 0.15) is 0 Å². The van der Waals surface area contributed by atoms with Gasteiger partial charge < -0.3 is 4.74 Å². The highest BCUT2D eigenvalue weighted by atomic mass is 35.5. The maximum absolute atomic E-state index is 12.3. The Kier molecular flexibility index (Phi) is 5.91. The second kappa shape index (κ2) is 7.29. The van der Waals surface area contributed by atoms with E-state index in [4.69, 9.17) is 27.9 Å². The minimum Gasteiger partial charge on any atom is -0.381 e. The van der Waals surface area contributed by atoms with E-state index in [-0.39, 0.29) is 5.92 Å². The maximum atomic E-state index is 12.3. The summed E-state index contributed by atoms with van der Waals surface area (Å²) in [5.74, 6) is -0.110. The van der Waals surface area contributed by atoms with Gasteiger partial charge in [0.2, 0.25) is 10.0 Å². The van der Waals surface area contributed by atoms with Gasteiger partial charge in [0.25, 0.3) is 0 Å². The zero-order chi connectivity index (χ0) is 15.5. The SMILES string of the molecule is CCNS(=O)(=O)[C@H]1CCOC[C@H]1Cc1ccc(Cl)cc1Cl. The topological polar surface area (TPSA) is 55.4 Å². The highest BCUT2D eigenvalue weighted by molar-refractivity contribution is 7.90. The summed E-state index contributed by atoms with van der Waals surface area (Å²) >= 11 is 12.1. The van der Waals surface area contributed by atoms with Crippen molar-refractivity contribution in [3.63, 3.8) is 0 Å². The van der Waals surface area contributed by atoms with Crippen LogP contribution in [0.4, 0.5) is 0 Å². The van der Waals surface area contributed by atoms with Gasteiger partial charge in [-0.25, -0.2) is 13.1 Å². The molecule has 21 heavy (non-hydrogen) atoms. The molecular weight excluding hydrogens is 333 g/mol. The van der Waals surface area contributed by atoms with Gasteiger partial charge in [0, 0.05) is 29.1 Å². The zero-order valence-electron chi connectivity index (χ0n) is 11.8. The van der Waals surface area contributed by atoms with Crippen molar-refractivity contribution < 1.29 is 13.2 Å². The Morgan fingerprint density at radius 2 is 2.14 bits per heavy atom. The molecule has 0 aromatic heterocycles. The third-order valence-electron chi connectivity index (χ3n) is 3.65. The Labute approximate surface area is 135 Å². The van der Waals surface area contributed by atoms with Gasteiger partial charge in [0.15, 0.2) is 0 Å². The summed E-state index contributed by atoms with van der Waals surface area (Å²) in [6.07, 6.45) is 1.07. The van der Waals surface area contributed by atoms with Crippen LogP contribution in [0.1, 0.15) is 18.9 Å². The quantitative estimate of drug-likeness (QED) is 0.887. The summed E-state index contributed by atoms with van der Waals surface area (Å²) in [6.45, 7) is 3.07. The number of halogens is 2. The molecule has 0 unspecified atom stereocenters. The van der Waals surface area contributed by atoms with Crippen molar-refractivity contribution in [1.29, 1.82) is 0 Å². The Hall–Kier alpha value is -0.330. The van der Waals surface area contributed by atoms with Crippen LogP contribution in [-0.4, -0.2) is 33.4 Å². The second-order valence-corrected chi connectivity index (χ2v) is 7.97. The maximum Gasteiger partial charge on any atom is 0.214 e. The number of sulfonamides is 1. The molecule has 2 atom stereocenters. The first-order valence-electron chi connectivity index (χ1n) is 6.94. The molecule has 2 rings (SSSR count). The smallest absolute Gasteiger partial charge is 0.214 e. The van der Waals surface area contributed by atoms with Gasteiger partial charge in [-0.2, -0.15) is 0 Å². The fourth-order valence-corrected chi connectivity index (χ4v) is 4.84. The molecule has 0 aliphatic carbocycles. The van der Waals surface area contributed by atoms with Gasteiger partial charge in [-0.3, -0.25) is 0 Å². The molecule has 1 N–H and O–H groups in total. The van der Waals surface area contributed by atoms with Crippen LogP contribution in [0.2, 0.25) is 10.0 Å². The molecule has 1 heterocycles. The van der Waals surface area contributed by atoms with Gasteiger partial charge in [-0.15, -0.1) is 0 Å². The van der Waals surface area contributed by atoms with Crippen molar-refractivity contribution in [3.8, 4) is 0 Å². The van der Waals surface area contributed by atoms with E-state index >= 15 is 0 Å². The molecule has 1 saturated heterocycles. The van der Waals surface area contributed by atoms with Gasteiger partial charge in [-0.05, 0) is 30.5 Å². The molecule has 0 bridgehead atoms. The second-order valence-electron chi connectivity index (χ2n) is 5.14. The van der Waals surface area contributed by atoms with E-state index in [1.165, 1.54) is 0 Å². The average molecular weight is 352 g/mol. The minimum absolute atomic E-state index is 0.110. The molecule has 1 aromatic carbocycles. The van der Waals surface area contributed by atoms with Crippen molar-refractivity contribution >= 4 is 33.2 Å². The number of benzene rings is 1. The third-order valence-corrected chi connectivity index (χ3v) is 6.34. The van der Waals surface area contributed by atoms with Crippen LogP contribution in [-0.2, 0) is 21.2 Å². The first-order chi connectivity index (χ1) is 9.94. The van der Waals surface area contributed by atoms with Crippen molar-refractivity contribution in [2.24, 2.45) is 5.92 Å². The summed E-state index contributed by atoms with van der Waals surface area (Å²) < 4.78 is 32.7. The lowest BCUT2D eigenvalue weighted by Crippen LogP contribution is -2.44. The number of rotatable bonds is 5. The van der Waals surface area contributed by atoms with Crippen LogP contribution < -0.4 is 4.72 Å². The van der Waals surface area contributed by atoms with Crippen molar-refractivity contribution in [1.82, 2.24) is 4.72 Å². The summed E-state index contributed by atoms with van der Waals surface area (Å²) in [6, 6.07) is 5.28. The van der Waals surface area contributed by atoms with E-state index < -0.39 is 15.3 Å². The summed E-state index contributed by atoms with van der Waals surface area (Å²) in [5, 5.41) is 0.686. The summed E-state index contributed by atoms with van der Waals surface area (Å²) in [4.78, 5) is 0. The van der Waals surface area contributed by atoms with Crippen LogP contribution in [0, 0.1) is 5.92 Å². The molecule has 1 aromatic rings. The van der Waals surface area contributed by atoms with Gasteiger partial charge in [0.05, 0.1) is 11.9 Å². The fraction of sp³-hybridized carbons (Fsp3) is 0.571. The molecule has 0 saturated carbocycles. The lowest BCUT2D eigenvalue weighted by molar-refractivity contribution is 0.0570. The monoisotopic (exact) mass is 351 g/mol. The molecule has 0 amide bonds. The van der Waals surface area contributed by atoms with Gasteiger partial charge >= 0.3 is 0 Å². The van der Waals surface area contributed by atoms with E-state index in [0.717, 1.165) is 5.56 Å². The van der Waals surface area contributed by atoms with Crippen LogP contribution >= 0.6 is 23.2 Å². The average Bonchev–Trinajstić information content (AvgIpc) is 2.42. The van der Waals surface area contributed by atoms with E-state index in [1.807, 2.05) is 6.07 Å². The highest BCUT2D eigenvalue weighted by Gasteiger charge is 2.35. The van der Waals surface area contributed by atoms with Crippen molar-refractivity contribution in [2.75, 3.05) is 19.8 Å². The Bertz CT molecular complexity index is 592. The van der Waals surface area contributed by atoms with Crippen LogP contribution in [0.5, 0.6) is 0 Å². The predicted octanol–water partition coefficient (Wildman–Crippen LogP) is 2.88. The first-order valence-corrected chi connectivity index (χ1v) is 9.24. The largest absolute Gasteiger partial charge is 0.381 e. The Morgan fingerprint density at radius 1 is 1.38 bits per heavy atom. The molecular formula is C14H19Cl2NO3S. The van der Waals surface area contributed by atoms with Gasteiger partial charge in [-0.1, -0.05) is 36.2 Å². The van der Waals surface area contributed by atoms with E-state index in [1.54, 1.807) is 19.1 Å². The van der Waals surface area contributed by atoms with Crippen molar-refractivity contribution in [3.05, 3.63) is 33.8 Å². The highest BCUT2D eigenvalue weighted by Crippen LogP contribution is 2.29. The van der Waals surface area contributed by atoms with E-state index in [9.17, 15) is 8.42 Å². The van der Waals surface area contributed by atoms with Crippen LogP contribution in [0.25, 0.3) is 0 Å². The summed E-state index contributed by atoms with van der Waals surface area (Å²) in [7, 11) is -3.32. The summed E-state index contributed by atoms with van der Waals surface area (Å²) in [5.41, 5.74) is 0.897. The van der Waals surface area contributed by atoms with Crippen LogP contribution in [0.15, 0.2) is 18.2 Å². The number of hydrogen-bond donors (Lipinski definition) is 1. The minimum atomic E-state index is -3.32. The van der Waals surface area contributed by atoms with Crippen molar-refractivity contribution in [2.45, 2.75) is 25.0 Å². The van der Waals surface area contributed by atoms with E-state index in [2.05, 4.69) is 4.72 Å². The van der Waals surface area contributed by atoms with E-state index in [0.29, 0.717) is 42.6 Å². The lowest BCUT2D eigenvalue weighted by Gasteiger charge is -2.31. The Morgan fingerprint density at radius 3 is 2.81 bits per heavy atom. The molecule has 1 aliphatic heterocycles. The molecule has 4 nitrogen and oxygen atoms in total. The molecule has 1 aliphatic rings. The molecule has 1 fully saturated rings. The third kappa shape index (κ3) is 4.33. The standard InChI is InChI=1S/C14H19Cl2NO3S/c1-2-17-21(18,19)14-5-6-20-9-11(14)7-10-3-4-12(15)8-13(10)16/h3-4,8,11,14,17H,2,5-7,9H2,1H3/t11-,14+/m1/s1. The number of hydrogen-bond acceptors (Lipinski definition) is 3. The molecule has 0 radical (unpaired) electrons.